The highest BCUT2D eigenvalue weighted by Crippen LogP contribution is 2.24. The van der Waals surface area contributed by atoms with Gasteiger partial charge in [0.25, 0.3) is 0 Å². The predicted molar refractivity (Wildman–Crippen MR) is 62.6 cm³/mol. The lowest BCUT2D eigenvalue weighted by Crippen LogP contribution is -2.17. The van der Waals surface area contributed by atoms with E-state index in [1.165, 1.54) is 24.5 Å². The highest BCUT2D eigenvalue weighted by atomic mass is 32.2. The van der Waals surface area contributed by atoms with E-state index >= 15 is 0 Å². The molecule has 2 aromatic rings. The minimum atomic E-state index is -4.82. The predicted octanol–water partition coefficient (Wildman–Crippen LogP) is 2.28. The number of aromatic nitrogens is 2. The molecule has 2 rings (SSSR count). The minimum absolute atomic E-state index is 0.170. The molecule has 0 saturated heterocycles. The number of hydrogen-bond acceptors (Lipinski definition) is 4. The fraction of sp³-hybridized carbons (Fsp3) is 0.182. The van der Waals surface area contributed by atoms with Crippen LogP contribution in [0.2, 0.25) is 0 Å². The van der Waals surface area contributed by atoms with Crippen molar-refractivity contribution in [3.63, 3.8) is 0 Å². The van der Waals surface area contributed by atoms with Gasteiger partial charge in [-0.25, -0.2) is 13.4 Å². The number of alkyl halides is 3. The zero-order valence-electron chi connectivity index (χ0n) is 9.89. The molecule has 5 nitrogen and oxygen atoms in total. The average molecular weight is 306 g/mol. The summed E-state index contributed by atoms with van der Waals surface area (Å²) in [5.74, 6) is -0.945. The van der Waals surface area contributed by atoms with Crippen molar-refractivity contribution in [1.29, 1.82) is 0 Å². The summed E-state index contributed by atoms with van der Waals surface area (Å²) in [6.07, 6.45) is -2.20. The molecule has 9 heteroatoms. The van der Waals surface area contributed by atoms with E-state index in [1.807, 2.05) is 0 Å². The van der Waals surface area contributed by atoms with Gasteiger partial charge in [0.2, 0.25) is 15.0 Å². The van der Waals surface area contributed by atoms with Crippen LogP contribution in [0.3, 0.4) is 0 Å². The van der Waals surface area contributed by atoms with Crippen LogP contribution >= 0.6 is 0 Å². The van der Waals surface area contributed by atoms with E-state index in [1.54, 1.807) is 0 Å². The number of nitrogens with one attached hydrogen (secondary N) is 1. The number of ether oxygens (including phenoxy) is 1. The van der Waals surface area contributed by atoms with E-state index in [4.69, 9.17) is 0 Å². The molecule has 0 bridgehead atoms. The van der Waals surface area contributed by atoms with Gasteiger partial charge >= 0.3 is 6.36 Å². The third-order valence-electron chi connectivity index (χ3n) is 2.26. The van der Waals surface area contributed by atoms with Crippen molar-refractivity contribution >= 4 is 9.84 Å². The lowest BCUT2D eigenvalue weighted by Gasteiger charge is -2.09. The van der Waals surface area contributed by atoms with Crippen molar-refractivity contribution in [2.24, 2.45) is 0 Å². The summed E-state index contributed by atoms with van der Waals surface area (Å²) < 4.78 is 63.8. The topological polar surface area (TPSA) is 72.1 Å². The van der Waals surface area contributed by atoms with Gasteiger partial charge in [-0.2, -0.15) is 0 Å². The molecule has 0 amide bonds. The molecule has 1 heterocycles. The van der Waals surface area contributed by atoms with Crippen molar-refractivity contribution in [3.05, 3.63) is 42.2 Å². The Morgan fingerprint density at radius 3 is 2.65 bits per heavy atom. The molecule has 0 unspecified atom stereocenters. The third kappa shape index (κ3) is 3.73. The van der Waals surface area contributed by atoms with Crippen molar-refractivity contribution in [1.82, 2.24) is 9.97 Å². The Morgan fingerprint density at radius 1 is 1.30 bits per heavy atom. The molecule has 0 radical (unpaired) electrons. The van der Waals surface area contributed by atoms with Gasteiger partial charge in [-0.15, -0.1) is 13.2 Å². The maximum absolute atomic E-state index is 12.1. The monoisotopic (exact) mass is 306 g/mol. The second-order valence-corrected chi connectivity index (χ2v) is 5.75. The molecule has 0 aliphatic rings. The summed E-state index contributed by atoms with van der Waals surface area (Å²) in [6.45, 7) is 0. The first-order chi connectivity index (χ1) is 9.26. The van der Waals surface area contributed by atoms with E-state index in [0.717, 1.165) is 12.1 Å². The summed E-state index contributed by atoms with van der Waals surface area (Å²) in [5.41, 5.74) is 0.170. The Morgan fingerprint density at radius 2 is 2.05 bits per heavy atom. The molecule has 20 heavy (non-hydrogen) atoms. The van der Waals surface area contributed by atoms with Crippen molar-refractivity contribution in [2.75, 3.05) is 0 Å². The van der Waals surface area contributed by atoms with E-state index in [0.29, 0.717) is 0 Å². The van der Waals surface area contributed by atoms with E-state index in [2.05, 4.69) is 14.7 Å². The largest absolute Gasteiger partial charge is 0.573 e. The van der Waals surface area contributed by atoms with Crippen LogP contribution in [-0.4, -0.2) is 24.7 Å². The number of imidazole rings is 1. The van der Waals surface area contributed by atoms with Crippen LogP contribution in [0.1, 0.15) is 5.56 Å². The molecular weight excluding hydrogens is 297 g/mol. The maximum Gasteiger partial charge on any atom is 0.573 e. The van der Waals surface area contributed by atoms with Crippen molar-refractivity contribution < 1.29 is 26.3 Å². The molecule has 1 aromatic heterocycles. The van der Waals surface area contributed by atoms with Crippen LogP contribution < -0.4 is 4.74 Å². The number of hydrogen-bond donors (Lipinski definition) is 1. The Bertz CT molecular complexity index is 681. The number of halogens is 3. The molecule has 0 aliphatic heterocycles. The Hall–Kier alpha value is -2.03. The number of nitrogens with zero attached hydrogens (tertiary/aromatic N) is 1. The van der Waals surface area contributed by atoms with Crippen LogP contribution in [0.25, 0.3) is 0 Å². The molecule has 0 fully saturated rings. The average Bonchev–Trinajstić information content (AvgIpc) is 2.80. The fourth-order valence-electron chi connectivity index (χ4n) is 1.54. The van der Waals surface area contributed by atoms with Gasteiger partial charge in [-0.3, -0.25) is 0 Å². The number of benzene rings is 1. The van der Waals surface area contributed by atoms with Gasteiger partial charge in [-0.1, -0.05) is 12.1 Å². The summed E-state index contributed by atoms with van der Waals surface area (Å²) in [7, 11) is -3.73. The zero-order valence-corrected chi connectivity index (χ0v) is 10.7. The summed E-state index contributed by atoms with van der Waals surface area (Å²) in [4.78, 5) is 6.05. The van der Waals surface area contributed by atoms with Crippen LogP contribution in [-0.2, 0) is 15.6 Å². The van der Waals surface area contributed by atoms with Crippen LogP contribution in [0.15, 0.2) is 41.8 Å². The normalized spacial score (nSPS) is 12.3. The molecule has 0 aliphatic carbocycles. The van der Waals surface area contributed by atoms with Crippen LogP contribution in [0.5, 0.6) is 5.75 Å². The quantitative estimate of drug-likeness (QED) is 0.940. The standard InChI is InChI=1S/C11H9F3N2O3S/c12-11(13,14)19-9-3-1-2-8(6-9)7-20(17,18)10-15-4-5-16-10/h1-6H,7H2,(H,15,16). The van der Waals surface area contributed by atoms with Gasteiger partial charge in [-0.05, 0) is 17.7 Å². The molecule has 0 saturated carbocycles. The second-order valence-electron chi connectivity index (χ2n) is 3.85. The van der Waals surface area contributed by atoms with Crippen molar-refractivity contribution in [2.45, 2.75) is 17.3 Å². The van der Waals surface area contributed by atoms with Crippen LogP contribution in [0, 0.1) is 0 Å². The van der Waals surface area contributed by atoms with E-state index in [9.17, 15) is 21.6 Å². The van der Waals surface area contributed by atoms with Gasteiger partial charge in [0.1, 0.15) is 5.75 Å². The maximum atomic E-state index is 12.1. The SMILES string of the molecule is O=S(=O)(Cc1cccc(OC(F)(F)F)c1)c1ncc[nH]1. The Kier molecular flexibility index (Phi) is 3.71. The zero-order chi connectivity index (χ0) is 14.8. The number of sulfone groups is 1. The minimum Gasteiger partial charge on any atom is -0.406 e. The molecule has 1 N–H and O–H groups in total. The first-order valence-corrected chi connectivity index (χ1v) is 6.98. The second kappa shape index (κ2) is 5.16. The van der Waals surface area contributed by atoms with E-state index < -0.39 is 27.7 Å². The molecule has 0 atom stereocenters. The number of aromatic amines is 1. The van der Waals surface area contributed by atoms with Gasteiger partial charge < -0.3 is 9.72 Å². The lowest BCUT2D eigenvalue weighted by molar-refractivity contribution is -0.274. The summed E-state index contributed by atoms with van der Waals surface area (Å²) >= 11 is 0. The summed E-state index contributed by atoms with van der Waals surface area (Å²) in [6, 6.07) is 4.79. The lowest BCUT2D eigenvalue weighted by atomic mass is 10.2. The Labute approximate surface area is 112 Å². The molecule has 1 aromatic carbocycles. The molecular formula is C11H9F3N2O3S. The van der Waals surface area contributed by atoms with Gasteiger partial charge in [0, 0.05) is 12.4 Å². The third-order valence-corrected chi connectivity index (χ3v) is 3.78. The highest BCUT2D eigenvalue weighted by Gasteiger charge is 2.31. The van der Waals surface area contributed by atoms with E-state index in [-0.39, 0.29) is 10.7 Å². The number of H-pyrrole nitrogens is 1. The van der Waals surface area contributed by atoms with Gasteiger partial charge in [0.05, 0.1) is 5.75 Å². The number of rotatable bonds is 4. The highest BCUT2D eigenvalue weighted by molar-refractivity contribution is 7.90. The fourth-order valence-corrected chi connectivity index (χ4v) is 2.77. The molecule has 0 spiro atoms. The Balaban J connectivity index is 2.21. The molecule has 108 valence electrons. The first-order valence-electron chi connectivity index (χ1n) is 5.33. The van der Waals surface area contributed by atoms with Crippen LogP contribution in [0.4, 0.5) is 13.2 Å². The van der Waals surface area contributed by atoms with Crippen molar-refractivity contribution in [3.8, 4) is 5.75 Å². The summed E-state index contributed by atoms with van der Waals surface area (Å²) in [5, 5.41) is -0.236. The smallest absolute Gasteiger partial charge is 0.406 e. The first kappa shape index (κ1) is 14.4. The van der Waals surface area contributed by atoms with Gasteiger partial charge in [0.15, 0.2) is 0 Å².